The summed E-state index contributed by atoms with van der Waals surface area (Å²) < 4.78 is 7.39. The van der Waals surface area contributed by atoms with E-state index in [4.69, 9.17) is 27.9 Å². The first-order valence-corrected chi connectivity index (χ1v) is 9.86. The van der Waals surface area contributed by atoms with Crippen LogP contribution in [-0.4, -0.2) is 41.4 Å². The SMILES string of the molecule is CCO[C@H]1CNC[C@H]1Nc1c(CC)nc(-c2ccc(Cl)cc2Cl)c(=O)n1C. The number of anilines is 1. The third-order valence-corrected chi connectivity index (χ3v) is 5.29. The summed E-state index contributed by atoms with van der Waals surface area (Å²) in [5.41, 5.74) is 1.50. The summed E-state index contributed by atoms with van der Waals surface area (Å²) in [6.45, 7) is 6.20. The Morgan fingerprint density at radius 1 is 1.33 bits per heavy atom. The Balaban J connectivity index is 2.02. The van der Waals surface area contributed by atoms with Gasteiger partial charge in [-0.3, -0.25) is 9.36 Å². The van der Waals surface area contributed by atoms with Gasteiger partial charge in [0, 0.05) is 37.3 Å². The van der Waals surface area contributed by atoms with Crippen molar-refractivity contribution in [3.05, 3.63) is 44.3 Å². The fourth-order valence-corrected chi connectivity index (χ4v) is 3.83. The summed E-state index contributed by atoms with van der Waals surface area (Å²) in [5.74, 6) is 0.717. The number of aryl methyl sites for hydroxylation is 1. The van der Waals surface area contributed by atoms with Crippen LogP contribution in [0.4, 0.5) is 5.82 Å². The first kappa shape index (κ1) is 20.1. The van der Waals surface area contributed by atoms with Gasteiger partial charge >= 0.3 is 0 Å². The van der Waals surface area contributed by atoms with Gasteiger partial charge in [0.15, 0.2) is 0 Å². The average molecular weight is 411 g/mol. The van der Waals surface area contributed by atoms with Crippen LogP contribution in [0.1, 0.15) is 19.5 Å². The molecule has 1 aliphatic heterocycles. The van der Waals surface area contributed by atoms with E-state index >= 15 is 0 Å². The summed E-state index contributed by atoms with van der Waals surface area (Å²) in [6, 6.07) is 5.13. The minimum atomic E-state index is -0.210. The Morgan fingerprint density at radius 2 is 2.11 bits per heavy atom. The normalized spacial score (nSPS) is 19.4. The minimum Gasteiger partial charge on any atom is -0.375 e. The van der Waals surface area contributed by atoms with Crippen molar-refractivity contribution in [1.82, 2.24) is 14.9 Å². The van der Waals surface area contributed by atoms with E-state index in [1.807, 2.05) is 13.8 Å². The second-order valence-corrected chi connectivity index (χ2v) is 7.34. The largest absolute Gasteiger partial charge is 0.375 e. The monoisotopic (exact) mass is 410 g/mol. The number of nitrogens with zero attached hydrogens (tertiary/aromatic N) is 2. The molecule has 6 nitrogen and oxygen atoms in total. The van der Waals surface area contributed by atoms with E-state index in [0.29, 0.717) is 34.3 Å². The Kier molecular flexibility index (Phi) is 6.42. The molecule has 1 fully saturated rings. The lowest BCUT2D eigenvalue weighted by molar-refractivity contribution is 0.0708. The van der Waals surface area contributed by atoms with Crippen molar-refractivity contribution < 1.29 is 4.74 Å². The first-order valence-electron chi connectivity index (χ1n) is 9.10. The lowest BCUT2D eigenvalue weighted by atomic mass is 10.1. The van der Waals surface area contributed by atoms with Crippen molar-refractivity contribution in [2.24, 2.45) is 7.05 Å². The van der Waals surface area contributed by atoms with Crippen LogP contribution < -0.4 is 16.2 Å². The van der Waals surface area contributed by atoms with Crippen LogP contribution in [0.15, 0.2) is 23.0 Å². The number of nitrogens with one attached hydrogen (secondary N) is 2. The molecule has 3 rings (SSSR count). The van der Waals surface area contributed by atoms with Gasteiger partial charge in [-0.25, -0.2) is 4.98 Å². The number of halogens is 2. The molecule has 2 atom stereocenters. The quantitative estimate of drug-likeness (QED) is 0.765. The van der Waals surface area contributed by atoms with E-state index in [9.17, 15) is 4.79 Å². The van der Waals surface area contributed by atoms with E-state index < -0.39 is 0 Å². The first-order chi connectivity index (χ1) is 13.0. The summed E-state index contributed by atoms with van der Waals surface area (Å²) >= 11 is 12.3. The Labute approximate surface area is 168 Å². The predicted molar refractivity (Wildman–Crippen MR) is 110 cm³/mol. The highest BCUT2D eigenvalue weighted by Gasteiger charge is 2.29. The van der Waals surface area contributed by atoms with E-state index in [1.54, 1.807) is 29.8 Å². The van der Waals surface area contributed by atoms with Crippen LogP contribution in [0.3, 0.4) is 0 Å². The Morgan fingerprint density at radius 3 is 2.78 bits per heavy atom. The number of hydrogen-bond donors (Lipinski definition) is 2. The number of benzene rings is 1. The fraction of sp³-hybridized carbons (Fsp3) is 0.474. The van der Waals surface area contributed by atoms with Crippen LogP contribution in [0.2, 0.25) is 10.0 Å². The van der Waals surface area contributed by atoms with Crippen LogP contribution in [0, 0.1) is 0 Å². The molecule has 0 spiro atoms. The zero-order valence-electron chi connectivity index (χ0n) is 15.7. The molecule has 0 amide bonds. The minimum absolute atomic E-state index is 0.0557. The molecule has 1 aromatic heterocycles. The van der Waals surface area contributed by atoms with Crippen molar-refractivity contribution in [2.75, 3.05) is 25.0 Å². The van der Waals surface area contributed by atoms with Crippen LogP contribution >= 0.6 is 23.2 Å². The highest BCUT2D eigenvalue weighted by atomic mass is 35.5. The van der Waals surface area contributed by atoms with Crippen molar-refractivity contribution >= 4 is 29.0 Å². The molecule has 0 aliphatic carbocycles. The van der Waals surface area contributed by atoms with Gasteiger partial charge in [0.05, 0.1) is 22.9 Å². The highest BCUT2D eigenvalue weighted by Crippen LogP contribution is 2.29. The molecule has 0 bridgehead atoms. The van der Waals surface area contributed by atoms with Crippen LogP contribution in [0.25, 0.3) is 11.3 Å². The fourth-order valence-electron chi connectivity index (χ4n) is 3.34. The second kappa shape index (κ2) is 8.61. The van der Waals surface area contributed by atoms with E-state index in [1.165, 1.54) is 0 Å². The van der Waals surface area contributed by atoms with Crippen molar-refractivity contribution in [3.8, 4) is 11.3 Å². The smallest absolute Gasteiger partial charge is 0.278 e. The zero-order valence-corrected chi connectivity index (χ0v) is 17.2. The molecule has 2 heterocycles. The van der Waals surface area contributed by atoms with Gasteiger partial charge in [-0.05, 0) is 31.5 Å². The van der Waals surface area contributed by atoms with Gasteiger partial charge in [-0.2, -0.15) is 0 Å². The average Bonchev–Trinajstić information content (AvgIpc) is 3.07. The van der Waals surface area contributed by atoms with Crippen molar-refractivity contribution in [1.29, 1.82) is 0 Å². The van der Waals surface area contributed by atoms with Crippen LogP contribution in [0.5, 0.6) is 0 Å². The number of aromatic nitrogens is 2. The molecule has 1 aromatic carbocycles. The zero-order chi connectivity index (χ0) is 19.6. The molecule has 27 heavy (non-hydrogen) atoms. The lowest BCUT2D eigenvalue weighted by Crippen LogP contribution is -2.37. The molecule has 0 radical (unpaired) electrons. The Hall–Kier alpha value is -1.60. The molecule has 2 aromatic rings. The molecular weight excluding hydrogens is 387 g/mol. The van der Waals surface area contributed by atoms with Gasteiger partial charge < -0.3 is 15.4 Å². The molecular formula is C19H24Cl2N4O2. The number of hydrogen-bond acceptors (Lipinski definition) is 5. The third-order valence-electron chi connectivity index (χ3n) is 4.75. The molecule has 0 unspecified atom stereocenters. The summed E-state index contributed by atoms with van der Waals surface area (Å²) in [6.07, 6.45) is 0.730. The molecule has 2 N–H and O–H groups in total. The molecule has 1 aliphatic rings. The molecule has 146 valence electrons. The van der Waals surface area contributed by atoms with Crippen molar-refractivity contribution in [2.45, 2.75) is 32.4 Å². The van der Waals surface area contributed by atoms with Gasteiger partial charge in [0.2, 0.25) is 0 Å². The van der Waals surface area contributed by atoms with E-state index in [0.717, 1.165) is 24.6 Å². The van der Waals surface area contributed by atoms with Crippen molar-refractivity contribution in [3.63, 3.8) is 0 Å². The predicted octanol–water partition coefficient (Wildman–Crippen LogP) is 3.11. The molecule has 8 heteroatoms. The second-order valence-electron chi connectivity index (χ2n) is 6.50. The standard InChI is InChI=1S/C19H24Cl2N4O2/c1-4-14-18(24-15-9-22-10-16(15)27-5-2)25(3)19(26)17(23-14)12-7-6-11(20)8-13(12)21/h6-8,15-16,22,24H,4-5,9-10H2,1-3H3/t15-,16+/m1/s1. The van der Waals surface area contributed by atoms with Gasteiger partial charge in [0.1, 0.15) is 11.5 Å². The van der Waals surface area contributed by atoms with Crippen LogP contribution in [-0.2, 0) is 18.2 Å². The van der Waals surface area contributed by atoms with E-state index in [-0.39, 0.29) is 17.7 Å². The maximum Gasteiger partial charge on any atom is 0.278 e. The van der Waals surface area contributed by atoms with Gasteiger partial charge in [0.25, 0.3) is 5.56 Å². The highest BCUT2D eigenvalue weighted by molar-refractivity contribution is 6.36. The topological polar surface area (TPSA) is 68.2 Å². The lowest BCUT2D eigenvalue weighted by Gasteiger charge is -2.24. The van der Waals surface area contributed by atoms with E-state index in [2.05, 4.69) is 15.6 Å². The third kappa shape index (κ3) is 4.14. The number of rotatable bonds is 6. The molecule has 0 saturated carbocycles. The molecule has 1 saturated heterocycles. The summed E-state index contributed by atoms with van der Waals surface area (Å²) in [7, 11) is 1.75. The number of ether oxygens (including phenoxy) is 1. The maximum atomic E-state index is 13.0. The van der Waals surface area contributed by atoms with Gasteiger partial charge in [-0.1, -0.05) is 30.1 Å². The summed E-state index contributed by atoms with van der Waals surface area (Å²) in [4.78, 5) is 17.6. The Bertz CT molecular complexity index is 885. The maximum absolute atomic E-state index is 13.0. The summed E-state index contributed by atoms with van der Waals surface area (Å²) in [5, 5.41) is 7.72. The van der Waals surface area contributed by atoms with Gasteiger partial charge in [-0.15, -0.1) is 0 Å².